The first-order chi connectivity index (χ1) is 14.3. The Kier molecular flexibility index (Phi) is 5.62. The summed E-state index contributed by atoms with van der Waals surface area (Å²) in [5, 5.41) is 11.9. The number of nitrogens with zero attached hydrogens (tertiary/aromatic N) is 3. The summed E-state index contributed by atoms with van der Waals surface area (Å²) in [6, 6.07) is 15.7. The largest absolute Gasteiger partial charge is 0.302 e. The monoisotopic (exact) mass is 438 g/mol. The topological polar surface area (TPSA) is 59.8 Å². The standard InChI is InChI=1S/C23H23ClN4OS/c1-23(2,3)20-14-30-22(25-20)26-21(29)12-18-16-9-5-7-11-19(16)28(27-18)13-15-8-4-6-10-17(15)24/h4-11,14H,12-13H2,1-3H3,(H,25,26,29). The van der Waals surface area contributed by atoms with Crippen molar-refractivity contribution in [3.63, 3.8) is 0 Å². The summed E-state index contributed by atoms with van der Waals surface area (Å²) < 4.78 is 1.90. The van der Waals surface area contributed by atoms with Crippen molar-refractivity contribution < 1.29 is 4.79 Å². The van der Waals surface area contributed by atoms with Gasteiger partial charge in [-0.05, 0) is 17.7 Å². The second-order valence-electron chi connectivity index (χ2n) is 8.23. The number of anilines is 1. The number of fused-ring (bicyclic) bond motifs is 1. The molecule has 7 heteroatoms. The van der Waals surface area contributed by atoms with Crippen molar-refractivity contribution in [3.8, 4) is 0 Å². The van der Waals surface area contributed by atoms with Crippen LogP contribution >= 0.6 is 22.9 Å². The maximum atomic E-state index is 12.7. The van der Waals surface area contributed by atoms with Crippen LogP contribution < -0.4 is 5.32 Å². The molecule has 0 atom stereocenters. The van der Waals surface area contributed by atoms with Gasteiger partial charge in [-0.15, -0.1) is 11.3 Å². The highest BCUT2D eigenvalue weighted by Gasteiger charge is 2.19. The Morgan fingerprint density at radius 3 is 2.60 bits per heavy atom. The summed E-state index contributed by atoms with van der Waals surface area (Å²) in [4.78, 5) is 17.2. The number of para-hydroxylation sites is 1. The van der Waals surface area contributed by atoms with Gasteiger partial charge in [0.1, 0.15) is 0 Å². The second kappa shape index (κ2) is 8.20. The lowest BCUT2D eigenvalue weighted by atomic mass is 9.93. The Morgan fingerprint density at radius 1 is 1.13 bits per heavy atom. The van der Waals surface area contributed by atoms with Crippen molar-refractivity contribution in [1.29, 1.82) is 0 Å². The van der Waals surface area contributed by atoms with E-state index in [9.17, 15) is 4.79 Å². The molecule has 0 fully saturated rings. The third kappa shape index (κ3) is 4.40. The van der Waals surface area contributed by atoms with Gasteiger partial charge in [0.15, 0.2) is 5.13 Å². The van der Waals surface area contributed by atoms with Crippen molar-refractivity contribution >= 4 is 44.9 Å². The van der Waals surface area contributed by atoms with Gasteiger partial charge >= 0.3 is 0 Å². The smallest absolute Gasteiger partial charge is 0.232 e. The van der Waals surface area contributed by atoms with Crippen LogP contribution in [0.5, 0.6) is 0 Å². The molecule has 0 radical (unpaired) electrons. The Hall–Kier alpha value is -2.70. The first kappa shape index (κ1) is 20.6. The fraction of sp³-hybridized carbons (Fsp3) is 0.261. The molecule has 0 aliphatic heterocycles. The number of aromatic nitrogens is 3. The zero-order chi connectivity index (χ0) is 21.3. The molecule has 2 aromatic carbocycles. The molecule has 0 aliphatic carbocycles. The lowest BCUT2D eigenvalue weighted by molar-refractivity contribution is -0.115. The molecule has 2 heterocycles. The molecule has 0 spiro atoms. The quantitative estimate of drug-likeness (QED) is 0.436. The van der Waals surface area contributed by atoms with E-state index in [1.165, 1.54) is 11.3 Å². The van der Waals surface area contributed by atoms with Crippen LogP contribution in [0.25, 0.3) is 10.9 Å². The summed E-state index contributed by atoms with van der Waals surface area (Å²) in [5.74, 6) is -0.127. The number of thiazole rings is 1. The lowest BCUT2D eigenvalue weighted by Gasteiger charge is -2.14. The predicted molar refractivity (Wildman–Crippen MR) is 123 cm³/mol. The van der Waals surface area contributed by atoms with Crippen LogP contribution in [0.15, 0.2) is 53.9 Å². The van der Waals surface area contributed by atoms with E-state index in [2.05, 4.69) is 31.1 Å². The minimum atomic E-state index is -0.127. The number of hydrogen-bond donors (Lipinski definition) is 1. The van der Waals surface area contributed by atoms with E-state index in [4.69, 9.17) is 16.7 Å². The molecule has 4 aromatic rings. The normalized spacial score (nSPS) is 11.7. The summed E-state index contributed by atoms with van der Waals surface area (Å²) in [5.41, 5.74) is 3.62. The molecule has 1 amide bonds. The number of hydrogen-bond acceptors (Lipinski definition) is 4. The Morgan fingerprint density at radius 2 is 1.87 bits per heavy atom. The van der Waals surface area contributed by atoms with Gasteiger partial charge in [0.05, 0.1) is 29.9 Å². The van der Waals surface area contributed by atoms with Gasteiger partial charge in [-0.3, -0.25) is 9.48 Å². The Bertz CT molecular complexity index is 1210. The van der Waals surface area contributed by atoms with Crippen LogP contribution in [0.2, 0.25) is 5.02 Å². The summed E-state index contributed by atoms with van der Waals surface area (Å²) in [6.45, 7) is 6.85. The first-order valence-electron chi connectivity index (χ1n) is 9.75. The molecular formula is C23H23ClN4OS. The fourth-order valence-electron chi connectivity index (χ4n) is 3.23. The summed E-state index contributed by atoms with van der Waals surface area (Å²) in [7, 11) is 0. The average Bonchev–Trinajstić information content (AvgIpc) is 3.29. The molecule has 1 N–H and O–H groups in total. The minimum absolute atomic E-state index is 0.0484. The molecule has 0 bridgehead atoms. The first-order valence-corrected chi connectivity index (χ1v) is 11.0. The molecule has 0 unspecified atom stereocenters. The van der Waals surface area contributed by atoms with Crippen LogP contribution in [0.1, 0.15) is 37.7 Å². The van der Waals surface area contributed by atoms with E-state index < -0.39 is 0 Å². The van der Waals surface area contributed by atoms with Gasteiger partial charge in [0.25, 0.3) is 0 Å². The number of rotatable bonds is 5. The Labute approximate surface area is 184 Å². The van der Waals surface area contributed by atoms with Crippen molar-refractivity contribution in [3.05, 3.63) is 75.9 Å². The van der Waals surface area contributed by atoms with E-state index in [0.717, 1.165) is 27.9 Å². The molecule has 0 aliphatic rings. The van der Waals surface area contributed by atoms with Crippen LogP contribution in [-0.2, 0) is 23.2 Å². The zero-order valence-electron chi connectivity index (χ0n) is 17.1. The highest BCUT2D eigenvalue weighted by atomic mass is 35.5. The number of carbonyl (C=O) groups excluding carboxylic acids is 1. The van der Waals surface area contributed by atoms with E-state index in [1.54, 1.807) is 0 Å². The minimum Gasteiger partial charge on any atom is -0.302 e. The lowest BCUT2D eigenvalue weighted by Crippen LogP contribution is -2.16. The van der Waals surface area contributed by atoms with E-state index in [1.807, 2.05) is 58.6 Å². The van der Waals surface area contributed by atoms with Crippen molar-refractivity contribution in [2.45, 2.75) is 39.2 Å². The van der Waals surface area contributed by atoms with Crippen LogP contribution in [0.3, 0.4) is 0 Å². The van der Waals surface area contributed by atoms with E-state index in [0.29, 0.717) is 16.7 Å². The van der Waals surface area contributed by atoms with Gasteiger partial charge in [0, 0.05) is 21.2 Å². The molecule has 4 rings (SSSR count). The van der Waals surface area contributed by atoms with Gasteiger partial charge < -0.3 is 5.32 Å². The SMILES string of the molecule is CC(C)(C)c1csc(NC(=O)Cc2nn(Cc3ccccc3Cl)c3ccccc23)n1. The van der Waals surface area contributed by atoms with E-state index in [-0.39, 0.29) is 17.7 Å². The maximum Gasteiger partial charge on any atom is 0.232 e. The summed E-state index contributed by atoms with van der Waals surface area (Å²) in [6.07, 6.45) is 0.181. The maximum absolute atomic E-state index is 12.7. The number of amides is 1. The van der Waals surface area contributed by atoms with Crippen molar-refractivity contribution in [2.24, 2.45) is 0 Å². The second-order valence-corrected chi connectivity index (χ2v) is 9.49. The van der Waals surface area contributed by atoms with Crippen LogP contribution in [-0.4, -0.2) is 20.7 Å². The molecule has 30 heavy (non-hydrogen) atoms. The molecule has 0 saturated heterocycles. The van der Waals surface area contributed by atoms with Crippen LogP contribution in [0.4, 0.5) is 5.13 Å². The average molecular weight is 439 g/mol. The molecule has 154 valence electrons. The number of halogens is 1. The van der Waals surface area contributed by atoms with Crippen LogP contribution in [0, 0.1) is 0 Å². The Balaban J connectivity index is 1.56. The fourth-order valence-corrected chi connectivity index (χ4v) is 4.38. The van der Waals surface area contributed by atoms with Gasteiger partial charge in [-0.2, -0.15) is 5.10 Å². The molecule has 5 nitrogen and oxygen atoms in total. The number of nitrogens with one attached hydrogen (secondary N) is 1. The number of carbonyl (C=O) groups is 1. The highest BCUT2D eigenvalue weighted by molar-refractivity contribution is 7.13. The zero-order valence-corrected chi connectivity index (χ0v) is 18.7. The van der Waals surface area contributed by atoms with Crippen molar-refractivity contribution in [2.75, 3.05) is 5.32 Å². The molecule has 2 aromatic heterocycles. The third-order valence-corrected chi connectivity index (χ3v) is 5.99. The van der Waals surface area contributed by atoms with Gasteiger partial charge in [-0.25, -0.2) is 4.98 Å². The van der Waals surface area contributed by atoms with Crippen molar-refractivity contribution in [1.82, 2.24) is 14.8 Å². The molecule has 0 saturated carbocycles. The molecular weight excluding hydrogens is 416 g/mol. The van der Waals surface area contributed by atoms with Gasteiger partial charge in [-0.1, -0.05) is 68.8 Å². The van der Waals surface area contributed by atoms with E-state index >= 15 is 0 Å². The number of benzene rings is 2. The predicted octanol–water partition coefficient (Wildman–Crippen LogP) is 5.67. The summed E-state index contributed by atoms with van der Waals surface area (Å²) >= 11 is 7.77. The third-order valence-electron chi connectivity index (χ3n) is 4.86. The van der Waals surface area contributed by atoms with Gasteiger partial charge in [0.2, 0.25) is 5.91 Å². The highest BCUT2D eigenvalue weighted by Crippen LogP contribution is 2.27.